The van der Waals surface area contributed by atoms with E-state index in [0.717, 1.165) is 12.5 Å². The van der Waals surface area contributed by atoms with E-state index in [0.29, 0.717) is 18.7 Å². The van der Waals surface area contributed by atoms with Gasteiger partial charge in [-0.25, -0.2) is 22.0 Å². The Labute approximate surface area is 107 Å². The molecule has 2 N–H and O–H groups in total. The summed E-state index contributed by atoms with van der Waals surface area (Å²) in [6.45, 7) is 2.57. The van der Waals surface area contributed by atoms with Crippen molar-refractivity contribution in [2.45, 2.75) is 23.1 Å². The van der Waals surface area contributed by atoms with Gasteiger partial charge < -0.3 is 0 Å². The maximum absolute atomic E-state index is 12.2. The van der Waals surface area contributed by atoms with Crippen LogP contribution in [0.5, 0.6) is 0 Å². The topological polar surface area (TPSA) is 97.5 Å². The lowest BCUT2D eigenvalue weighted by Gasteiger charge is -2.30. The lowest BCUT2D eigenvalue weighted by molar-refractivity contribution is 0.309. The average molecular weight is 290 g/mol. The van der Waals surface area contributed by atoms with Crippen LogP contribution in [-0.2, 0) is 20.0 Å². The van der Waals surface area contributed by atoms with Gasteiger partial charge >= 0.3 is 0 Å². The highest BCUT2D eigenvalue weighted by atomic mass is 32.2. The number of nitrogens with zero attached hydrogens (tertiary/aromatic N) is 1. The van der Waals surface area contributed by atoms with Crippen LogP contribution in [-0.4, -0.2) is 34.2 Å². The van der Waals surface area contributed by atoms with Gasteiger partial charge in [-0.05, 0) is 31.0 Å². The van der Waals surface area contributed by atoms with Crippen molar-refractivity contribution in [1.29, 1.82) is 0 Å². The van der Waals surface area contributed by atoms with Crippen molar-refractivity contribution < 1.29 is 16.8 Å². The summed E-state index contributed by atoms with van der Waals surface area (Å²) in [5.74, 6) is 0. The van der Waals surface area contributed by atoms with Gasteiger partial charge in [-0.1, -0.05) is 6.07 Å². The fraction of sp³-hybridized carbons (Fsp3) is 0.400. The lowest BCUT2D eigenvalue weighted by atomic mass is 10.2. The van der Waals surface area contributed by atoms with Gasteiger partial charge in [0.1, 0.15) is 0 Å². The molecule has 6 nitrogen and oxygen atoms in total. The minimum atomic E-state index is -3.90. The van der Waals surface area contributed by atoms with E-state index in [1.54, 1.807) is 6.92 Å². The second-order valence-electron chi connectivity index (χ2n) is 4.23. The first-order chi connectivity index (χ1) is 8.23. The molecule has 8 heteroatoms. The summed E-state index contributed by atoms with van der Waals surface area (Å²) in [6.07, 6.45) is 0.827. The van der Waals surface area contributed by atoms with Crippen LogP contribution in [0.1, 0.15) is 12.0 Å². The molecule has 0 bridgehead atoms. The van der Waals surface area contributed by atoms with E-state index in [2.05, 4.69) is 0 Å². The number of hydrogen-bond acceptors (Lipinski definition) is 4. The standard InChI is InChI=1S/C10H14N2O4S2/c1-8-3-4-9(17(11,13)14)7-10(8)18(15,16)12-5-2-6-12/h3-4,7H,2,5-6H2,1H3,(H2,11,13,14). The van der Waals surface area contributed by atoms with Gasteiger partial charge in [0.2, 0.25) is 20.0 Å². The minimum absolute atomic E-state index is 0.00808. The number of nitrogens with two attached hydrogens (primary N) is 1. The predicted octanol–water partition coefficient (Wildman–Crippen LogP) is 0.0368. The van der Waals surface area contributed by atoms with Crippen molar-refractivity contribution in [2.75, 3.05) is 13.1 Å². The van der Waals surface area contributed by atoms with Crippen molar-refractivity contribution in [3.8, 4) is 0 Å². The SMILES string of the molecule is Cc1ccc(S(N)(=O)=O)cc1S(=O)(=O)N1CCC1. The molecule has 1 aromatic rings. The quantitative estimate of drug-likeness (QED) is 0.849. The van der Waals surface area contributed by atoms with Crippen molar-refractivity contribution in [3.05, 3.63) is 23.8 Å². The van der Waals surface area contributed by atoms with Crippen LogP contribution >= 0.6 is 0 Å². The summed E-state index contributed by atoms with van der Waals surface area (Å²) in [6, 6.07) is 3.88. The maximum Gasteiger partial charge on any atom is 0.243 e. The molecular weight excluding hydrogens is 276 g/mol. The Bertz CT molecular complexity index is 676. The largest absolute Gasteiger partial charge is 0.243 e. The van der Waals surface area contributed by atoms with Crippen molar-refractivity contribution in [3.63, 3.8) is 0 Å². The summed E-state index contributed by atoms with van der Waals surface area (Å²) >= 11 is 0. The van der Waals surface area contributed by atoms with Crippen LogP contribution in [0.2, 0.25) is 0 Å². The zero-order valence-electron chi connectivity index (χ0n) is 9.83. The molecule has 1 fully saturated rings. The summed E-state index contributed by atoms with van der Waals surface area (Å²) in [5, 5.41) is 5.01. The molecule has 18 heavy (non-hydrogen) atoms. The Hall–Kier alpha value is -0.960. The predicted molar refractivity (Wildman–Crippen MR) is 65.9 cm³/mol. The molecule has 0 atom stereocenters. The van der Waals surface area contributed by atoms with Crippen LogP contribution < -0.4 is 5.14 Å². The third kappa shape index (κ3) is 2.28. The third-order valence-electron chi connectivity index (χ3n) is 2.92. The molecule has 0 radical (unpaired) electrons. The van der Waals surface area contributed by atoms with Crippen LogP contribution in [0.4, 0.5) is 0 Å². The van der Waals surface area contributed by atoms with Gasteiger partial charge in [0.25, 0.3) is 0 Å². The number of primary sulfonamides is 1. The van der Waals surface area contributed by atoms with E-state index in [-0.39, 0.29) is 9.79 Å². The second kappa shape index (κ2) is 4.30. The smallest absolute Gasteiger partial charge is 0.225 e. The van der Waals surface area contributed by atoms with Gasteiger partial charge in [0.05, 0.1) is 9.79 Å². The van der Waals surface area contributed by atoms with Gasteiger partial charge in [0.15, 0.2) is 0 Å². The molecule has 0 amide bonds. The Kier molecular flexibility index (Phi) is 3.22. The Morgan fingerprint density at radius 1 is 1.17 bits per heavy atom. The molecule has 1 heterocycles. The van der Waals surface area contributed by atoms with Crippen molar-refractivity contribution in [2.24, 2.45) is 5.14 Å². The highest BCUT2D eigenvalue weighted by molar-refractivity contribution is 7.90. The van der Waals surface area contributed by atoms with Crippen LogP contribution in [0, 0.1) is 6.92 Å². The monoisotopic (exact) mass is 290 g/mol. The van der Waals surface area contributed by atoms with Crippen molar-refractivity contribution in [1.82, 2.24) is 4.31 Å². The van der Waals surface area contributed by atoms with Gasteiger partial charge in [-0.15, -0.1) is 0 Å². The van der Waals surface area contributed by atoms with Crippen LogP contribution in [0.15, 0.2) is 28.0 Å². The first kappa shape index (κ1) is 13.5. The van der Waals surface area contributed by atoms with Crippen molar-refractivity contribution >= 4 is 20.0 Å². The molecule has 0 saturated carbocycles. The molecule has 0 unspecified atom stereocenters. The lowest BCUT2D eigenvalue weighted by Crippen LogP contribution is -2.42. The number of benzene rings is 1. The summed E-state index contributed by atoms with van der Waals surface area (Å²) in [5.41, 5.74) is 0.509. The van der Waals surface area contributed by atoms with Gasteiger partial charge in [-0.3, -0.25) is 0 Å². The molecule has 0 spiro atoms. The molecule has 1 saturated heterocycles. The first-order valence-corrected chi connectivity index (χ1v) is 8.35. The van der Waals surface area contributed by atoms with E-state index in [4.69, 9.17) is 5.14 Å². The first-order valence-electron chi connectivity index (χ1n) is 5.36. The fourth-order valence-corrected chi connectivity index (χ4v) is 4.08. The van der Waals surface area contributed by atoms with E-state index in [9.17, 15) is 16.8 Å². The minimum Gasteiger partial charge on any atom is -0.225 e. The Balaban J connectivity index is 2.57. The van der Waals surface area contributed by atoms with E-state index in [1.165, 1.54) is 16.4 Å². The molecule has 2 rings (SSSR count). The molecule has 1 aliphatic rings. The highest BCUT2D eigenvalue weighted by Crippen LogP contribution is 2.25. The zero-order valence-corrected chi connectivity index (χ0v) is 11.5. The molecule has 1 aromatic carbocycles. The molecule has 1 aliphatic heterocycles. The summed E-state index contributed by atoms with van der Waals surface area (Å²) in [4.78, 5) is -0.180. The normalized spacial score (nSPS) is 17.4. The number of aryl methyl sites for hydroxylation is 1. The number of sulfonamides is 2. The fourth-order valence-electron chi connectivity index (χ4n) is 1.70. The van der Waals surface area contributed by atoms with Gasteiger partial charge in [0, 0.05) is 13.1 Å². The Morgan fingerprint density at radius 2 is 1.78 bits per heavy atom. The third-order valence-corrected chi connectivity index (χ3v) is 5.87. The molecule has 0 aliphatic carbocycles. The number of rotatable bonds is 3. The molecule has 100 valence electrons. The Morgan fingerprint density at radius 3 is 2.22 bits per heavy atom. The number of hydrogen-bond donors (Lipinski definition) is 1. The summed E-state index contributed by atoms with van der Waals surface area (Å²) < 4.78 is 48.2. The zero-order chi connectivity index (χ0) is 13.6. The van der Waals surface area contributed by atoms with Crippen LogP contribution in [0.3, 0.4) is 0 Å². The molecular formula is C10H14N2O4S2. The van der Waals surface area contributed by atoms with E-state index >= 15 is 0 Å². The maximum atomic E-state index is 12.2. The van der Waals surface area contributed by atoms with E-state index in [1.807, 2.05) is 0 Å². The summed E-state index contributed by atoms with van der Waals surface area (Å²) in [7, 11) is -7.50. The molecule has 0 aromatic heterocycles. The van der Waals surface area contributed by atoms with Crippen LogP contribution in [0.25, 0.3) is 0 Å². The van der Waals surface area contributed by atoms with E-state index < -0.39 is 20.0 Å². The van der Waals surface area contributed by atoms with Gasteiger partial charge in [-0.2, -0.15) is 4.31 Å². The highest BCUT2D eigenvalue weighted by Gasteiger charge is 2.31. The second-order valence-corrected chi connectivity index (χ2v) is 7.70. The average Bonchev–Trinajstić information content (AvgIpc) is 2.12.